The number of aryl methyl sites for hydroxylation is 1. The van der Waals surface area contributed by atoms with Crippen LogP contribution >= 0.6 is 0 Å². The zero-order valence-electron chi connectivity index (χ0n) is 21.0. The van der Waals surface area contributed by atoms with Gasteiger partial charge in [-0.05, 0) is 63.0 Å². The van der Waals surface area contributed by atoms with E-state index in [2.05, 4.69) is 4.98 Å². The lowest BCUT2D eigenvalue weighted by molar-refractivity contribution is -0.140. The Kier molecular flexibility index (Phi) is 6.50. The molecule has 1 saturated heterocycles. The van der Waals surface area contributed by atoms with Crippen molar-refractivity contribution in [2.75, 3.05) is 27.2 Å². The minimum Gasteiger partial charge on any atom is -0.505 e. The molecular formula is C29H28N4O4. The van der Waals surface area contributed by atoms with Gasteiger partial charge in [0.2, 0.25) is 0 Å². The van der Waals surface area contributed by atoms with Gasteiger partial charge in [-0.1, -0.05) is 36.4 Å². The zero-order chi connectivity index (χ0) is 26.1. The topological polar surface area (TPSA) is 87.4 Å². The highest BCUT2D eigenvalue weighted by Gasteiger charge is 2.46. The first-order chi connectivity index (χ1) is 17.8. The van der Waals surface area contributed by atoms with Crippen LogP contribution in [-0.4, -0.2) is 63.2 Å². The molecular weight excluding hydrogens is 468 g/mol. The van der Waals surface area contributed by atoms with Crippen LogP contribution in [0.2, 0.25) is 0 Å². The summed E-state index contributed by atoms with van der Waals surface area (Å²) in [5.41, 5.74) is 2.29. The molecule has 0 bridgehead atoms. The summed E-state index contributed by atoms with van der Waals surface area (Å²) in [6.45, 7) is 2.64. The number of hydrogen-bond acceptors (Lipinski definition) is 6. The van der Waals surface area contributed by atoms with Gasteiger partial charge in [-0.15, -0.1) is 0 Å². The van der Waals surface area contributed by atoms with Crippen molar-refractivity contribution in [3.05, 3.63) is 102 Å². The number of Topliss-reactive ketones (excluding diaryl/α,β-unsaturated/α-hetero) is 1. The molecule has 1 amide bonds. The first-order valence-corrected chi connectivity index (χ1v) is 12.0. The van der Waals surface area contributed by atoms with Gasteiger partial charge in [-0.2, -0.15) is 0 Å². The Hall–Kier alpha value is -4.43. The molecule has 37 heavy (non-hydrogen) atoms. The number of benzene rings is 2. The molecule has 0 saturated carbocycles. The van der Waals surface area contributed by atoms with E-state index >= 15 is 0 Å². The second-order valence-electron chi connectivity index (χ2n) is 9.26. The van der Waals surface area contributed by atoms with Gasteiger partial charge in [0, 0.05) is 19.3 Å². The Morgan fingerprint density at radius 2 is 1.73 bits per heavy atom. The SMILES string of the molecule is Cc1nc2ccccn2c1/C(O)=C1\C(=O)C(=O)N(CCN(C)C)C1c1cccc(Oc2ccccc2)c1. The summed E-state index contributed by atoms with van der Waals surface area (Å²) in [7, 11) is 3.81. The first-order valence-electron chi connectivity index (χ1n) is 12.0. The molecule has 1 unspecified atom stereocenters. The van der Waals surface area contributed by atoms with Crippen molar-refractivity contribution in [3.8, 4) is 11.5 Å². The minimum absolute atomic E-state index is 0.0365. The fourth-order valence-corrected chi connectivity index (χ4v) is 4.66. The average molecular weight is 497 g/mol. The van der Waals surface area contributed by atoms with E-state index in [4.69, 9.17) is 4.74 Å². The van der Waals surface area contributed by atoms with Crippen LogP contribution in [0.5, 0.6) is 11.5 Å². The smallest absolute Gasteiger partial charge is 0.295 e. The standard InChI is InChI=1S/C29H28N4O4/c1-19-25(32-15-8-7-14-23(32)30-19)27(34)24-26(33(17-16-31(2)3)29(36)28(24)35)20-10-9-13-22(18-20)37-21-11-5-4-6-12-21/h4-15,18,26,34H,16-17H2,1-3H3/b27-24+. The van der Waals surface area contributed by atoms with Gasteiger partial charge in [-0.25, -0.2) is 4.98 Å². The number of ketones is 1. The number of nitrogens with zero attached hydrogens (tertiary/aromatic N) is 4. The van der Waals surface area contributed by atoms with Gasteiger partial charge in [-0.3, -0.25) is 14.0 Å². The predicted octanol–water partition coefficient (Wildman–Crippen LogP) is 4.42. The number of aliphatic hydroxyl groups excluding tert-OH is 1. The van der Waals surface area contributed by atoms with E-state index < -0.39 is 17.7 Å². The fraction of sp³-hybridized carbons (Fsp3) is 0.207. The molecule has 0 radical (unpaired) electrons. The number of imidazole rings is 1. The van der Waals surface area contributed by atoms with E-state index in [-0.39, 0.29) is 11.3 Å². The van der Waals surface area contributed by atoms with Crippen molar-refractivity contribution in [1.29, 1.82) is 0 Å². The molecule has 4 aromatic rings. The minimum atomic E-state index is -0.784. The third-order valence-electron chi connectivity index (χ3n) is 6.41. The maximum atomic E-state index is 13.4. The highest BCUT2D eigenvalue weighted by molar-refractivity contribution is 6.46. The molecule has 0 aliphatic carbocycles. The van der Waals surface area contributed by atoms with Crippen molar-refractivity contribution < 1.29 is 19.4 Å². The number of likely N-dealkylation sites (N-methyl/N-ethyl adjacent to an activating group) is 1. The molecule has 8 heteroatoms. The second kappa shape index (κ2) is 9.91. The molecule has 1 N–H and O–H groups in total. The molecule has 188 valence electrons. The number of aromatic nitrogens is 2. The zero-order valence-corrected chi connectivity index (χ0v) is 21.0. The number of carbonyl (C=O) groups excluding carboxylic acids is 2. The summed E-state index contributed by atoms with van der Waals surface area (Å²) in [5.74, 6) is -0.382. The summed E-state index contributed by atoms with van der Waals surface area (Å²) in [6.07, 6.45) is 1.77. The Bertz CT molecular complexity index is 1510. The quantitative estimate of drug-likeness (QED) is 0.232. The molecule has 0 spiro atoms. The summed E-state index contributed by atoms with van der Waals surface area (Å²) < 4.78 is 7.75. The Labute approximate surface area is 215 Å². The molecule has 3 heterocycles. The fourth-order valence-electron chi connectivity index (χ4n) is 4.66. The molecule has 1 fully saturated rings. The first kappa shape index (κ1) is 24.3. The maximum absolute atomic E-state index is 13.4. The average Bonchev–Trinajstić information content (AvgIpc) is 3.36. The predicted molar refractivity (Wildman–Crippen MR) is 140 cm³/mol. The van der Waals surface area contributed by atoms with Gasteiger partial charge >= 0.3 is 0 Å². The van der Waals surface area contributed by atoms with Gasteiger partial charge in [0.15, 0.2) is 5.76 Å². The van der Waals surface area contributed by atoms with E-state index in [0.29, 0.717) is 47.2 Å². The van der Waals surface area contributed by atoms with Gasteiger partial charge in [0.05, 0.1) is 17.3 Å². The van der Waals surface area contributed by atoms with Crippen molar-refractivity contribution in [2.24, 2.45) is 0 Å². The number of hydrogen-bond donors (Lipinski definition) is 1. The lowest BCUT2D eigenvalue weighted by Gasteiger charge is -2.27. The van der Waals surface area contributed by atoms with Crippen LogP contribution in [0.3, 0.4) is 0 Å². The van der Waals surface area contributed by atoms with Crippen LogP contribution in [0.1, 0.15) is 23.0 Å². The van der Waals surface area contributed by atoms with Crippen molar-refractivity contribution in [1.82, 2.24) is 19.2 Å². The molecule has 1 aliphatic heterocycles. The normalized spacial score (nSPS) is 17.2. The monoisotopic (exact) mass is 496 g/mol. The van der Waals surface area contributed by atoms with Crippen LogP contribution in [0.4, 0.5) is 0 Å². The Morgan fingerprint density at radius 1 is 1.00 bits per heavy atom. The molecule has 5 rings (SSSR count). The summed E-state index contributed by atoms with van der Waals surface area (Å²) in [6, 6.07) is 21.4. The van der Waals surface area contributed by atoms with Crippen molar-refractivity contribution in [3.63, 3.8) is 0 Å². The molecule has 1 atom stereocenters. The number of rotatable bonds is 7. The number of aliphatic hydroxyl groups is 1. The molecule has 2 aromatic carbocycles. The van der Waals surface area contributed by atoms with E-state index in [0.717, 1.165) is 0 Å². The van der Waals surface area contributed by atoms with E-state index in [1.54, 1.807) is 23.6 Å². The van der Waals surface area contributed by atoms with Gasteiger partial charge in [0.1, 0.15) is 22.8 Å². The molecule has 8 nitrogen and oxygen atoms in total. The largest absolute Gasteiger partial charge is 0.505 e. The summed E-state index contributed by atoms with van der Waals surface area (Å²) >= 11 is 0. The van der Waals surface area contributed by atoms with Crippen LogP contribution < -0.4 is 4.74 Å². The highest BCUT2D eigenvalue weighted by atomic mass is 16.5. The summed E-state index contributed by atoms with van der Waals surface area (Å²) in [5, 5.41) is 11.6. The van der Waals surface area contributed by atoms with Crippen LogP contribution in [-0.2, 0) is 9.59 Å². The highest BCUT2D eigenvalue weighted by Crippen LogP contribution is 2.41. The van der Waals surface area contributed by atoms with Crippen LogP contribution in [0.15, 0.2) is 84.6 Å². The Balaban J connectivity index is 1.65. The lowest BCUT2D eigenvalue weighted by Crippen LogP contribution is -2.35. The Morgan fingerprint density at radius 3 is 2.49 bits per heavy atom. The number of para-hydroxylation sites is 1. The lowest BCUT2D eigenvalue weighted by atomic mass is 9.96. The number of ether oxygens (including phenoxy) is 1. The number of likely N-dealkylation sites (tertiary alicyclic amines) is 1. The van der Waals surface area contributed by atoms with E-state index in [1.165, 1.54) is 4.90 Å². The number of fused-ring (bicyclic) bond motifs is 1. The number of amides is 1. The maximum Gasteiger partial charge on any atom is 0.295 e. The summed E-state index contributed by atoms with van der Waals surface area (Å²) in [4.78, 5) is 34.7. The molecule has 1 aliphatic rings. The van der Waals surface area contributed by atoms with Gasteiger partial charge < -0.3 is 19.6 Å². The third kappa shape index (κ3) is 4.59. The van der Waals surface area contributed by atoms with Crippen LogP contribution in [0.25, 0.3) is 11.4 Å². The van der Waals surface area contributed by atoms with Crippen molar-refractivity contribution in [2.45, 2.75) is 13.0 Å². The second-order valence-corrected chi connectivity index (χ2v) is 9.26. The van der Waals surface area contributed by atoms with Crippen LogP contribution in [0, 0.1) is 6.92 Å². The number of carbonyl (C=O) groups is 2. The third-order valence-corrected chi connectivity index (χ3v) is 6.41. The number of pyridine rings is 1. The van der Waals surface area contributed by atoms with E-state index in [1.807, 2.05) is 85.7 Å². The van der Waals surface area contributed by atoms with E-state index in [9.17, 15) is 14.7 Å². The van der Waals surface area contributed by atoms with Gasteiger partial charge in [0.25, 0.3) is 11.7 Å². The van der Waals surface area contributed by atoms with Crippen molar-refractivity contribution >= 4 is 23.1 Å². The molecule has 2 aromatic heterocycles.